The minimum Gasteiger partial charge on any atom is -0.481 e. The first-order valence-corrected chi connectivity index (χ1v) is 3.87. The number of carbonyl (C=O) groups excluding carboxylic acids is 1. The molecule has 1 aliphatic carbocycles. The number of rotatable bonds is 4. The molecular weight excluding hydrogens is 176 g/mol. The molecule has 74 valence electrons. The smallest absolute Gasteiger partial charge is 0.315 e. The molecular formula is C8H12O5. The van der Waals surface area contributed by atoms with Gasteiger partial charge in [-0.05, 0) is 0 Å². The molecule has 1 N–H and O–H groups in total. The van der Waals surface area contributed by atoms with Crippen LogP contribution in [0.5, 0.6) is 0 Å². The van der Waals surface area contributed by atoms with Crippen LogP contribution in [0.4, 0.5) is 0 Å². The lowest BCUT2D eigenvalue weighted by molar-refractivity contribution is -0.215. The van der Waals surface area contributed by atoms with Crippen LogP contribution in [0.15, 0.2) is 0 Å². The average Bonchev–Trinajstić information content (AvgIpc) is 2.02. The van der Waals surface area contributed by atoms with Gasteiger partial charge in [0.2, 0.25) is 0 Å². The average molecular weight is 188 g/mol. The van der Waals surface area contributed by atoms with Gasteiger partial charge in [0.15, 0.2) is 6.29 Å². The molecule has 0 aromatic rings. The lowest BCUT2D eigenvalue weighted by Crippen LogP contribution is -2.54. The van der Waals surface area contributed by atoms with Crippen molar-refractivity contribution in [3.63, 3.8) is 0 Å². The predicted molar refractivity (Wildman–Crippen MR) is 42.1 cm³/mol. The third-order valence-corrected chi connectivity index (χ3v) is 2.33. The Kier molecular flexibility index (Phi) is 2.68. The molecule has 0 bridgehead atoms. The highest BCUT2D eigenvalue weighted by Gasteiger charge is 2.56. The molecule has 1 fully saturated rings. The summed E-state index contributed by atoms with van der Waals surface area (Å²) in [6, 6.07) is 0. The fourth-order valence-electron chi connectivity index (χ4n) is 1.62. The van der Waals surface area contributed by atoms with Gasteiger partial charge >= 0.3 is 5.97 Å². The molecule has 0 saturated heterocycles. The number of hydrogen-bond donors (Lipinski definition) is 1. The van der Waals surface area contributed by atoms with Crippen LogP contribution in [0.1, 0.15) is 12.8 Å². The van der Waals surface area contributed by atoms with E-state index in [0.717, 1.165) is 0 Å². The third kappa shape index (κ3) is 1.45. The zero-order chi connectivity index (χ0) is 10.1. The topological polar surface area (TPSA) is 72.8 Å². The summed E-state index contributed by atoms with van der Waals surface area (Å²) in [6.07, 6.45) is -0.855. The maximum absolute atomic E-state index is 10.9. The van der Waals surface area contributed by atoms with E-state index in [1.54, 1.807) is 0 Å². The molecule has 0 aromatic carbocycles. The van der Waals surface area contributed by atoms with E-state index < -0.39 is 17.7 Å². The Balaban J connectivity index is 2.79. The standard InChI is InChI=1S/C8H12O5/c1-12-7(13-2)8(6(10)11)3-5(9)4-8/h7H,3-4H2,1-2H3,(H,10,11). The summed E-state index contributed by atoms with van der Waals surface area (Å²) in [4.78, 5) is 21.7. The van der Waals surface area contributed by atoms with E-state index in [-0.39, 0.29) is 18.6 Å². The van der Waals surface area contributed by atoms with Crippen LogP contribution < -0.4 is 0 Å². The summed E-state index contributed by atoms with van der Waals surface area (Å²) < 4.78 is 9.72. The Hall–Kier alpha value is -0.940. The summed E-state index contributed by atoms with van der Waals surface area (Å²) in [5.41, 5.74) is -1.17. The van der Waals surface area contributed by atoms with E-state index in [4.69, 9.17) is 14.6 Å². The van der Waals surface area contributed by atoms with Crippen molar-refractivity contribution in [1.29, 1.82) is 0 Å². The molecule has 0 atom stereocenters. The summed E-state index contributed by atoms with van der Waals surface area (Å²) >= 11 is 0. The third-order valence-electron chi connectivity index (χ3n) is 2.33. The van der Waals surface area contributed by atoms with Crippen molar-refractivity contribution in [1.82, 2.24) is 0 Å². The number of carboxylic acids is 1. The number of ether oxygens (including phenoxy) is 2. The Morgan fingerprint density at radius 3 is 2.15 bits per heavy atom. The van der Waals surface area contributed by atoms with Crippen molar-refractivity contribution in [2.75, 3.05) is 14.2 Å². The fraction of sp³-hybridized carbons (Fsp3) is 0.750. The van der Waals surface area contributed by atoms with Gasteiger partial charge in [-0.1, -0.05) is 0 Å². The minimum atomic E-state index is -1.17. The Bertz CT molecular complexity index is 223. The summed E-state index contributed by atoms with van der Waals surface area (Å²) in [6.45, 7) is 0. The highest BCUT2D eigenvalue weighted by atomic mass is 16.7. The van der Waals surface area contributed by atoms with E-state index in [2.05, 4.69) is 0 Å². The number of Topliss-reactive ketones (excluding diaryl/α,β-unsaturated/α-hetero) is 1. The number of carboxylic acid groups (broad SMARTS) is 1. The summed E-state index contributed by atoms with van der Waals surface area (Å²) in [5.74, 6) is -1.11. The molecule has 1 rings (SSSR count). The Labute approximate surface area is 75.6 Å². The quantitative estimate of drug-likeness (QED) is 0.630. The van der Waals surface area contributed by atoms with Crippen LogP contribution in [0, 0.1) is 5.41 Å². The van der Waals surface area contributed by atoms with Gasteiger partial charge in [-0.2, -0.15) is 0 Å². The molecule has 0 aliphatic heterocycles. The van der Waals surface area contributed by atoms with Crippen molar-refractivity contribution in [3.05, 3.63) is 0 Å². The van der Waals surface area contributed by atoms with Crippen LogP contribution in [-0.4, -0.2) is 37.4 Å². The summed E-state index contributed by atoms with van der Waals surface area (Å²) in [5, 5.41) is 8.92. The van der Waals surface area contributed by atoms with Gasteiger partial charge in [0.25, 0.3) is 0 Å². The molecule has 1 saturated carbocycles. The SMILES string of the molecule is COC(OC)C1(C(=O)O)CC(=O)C1. The van der Waals surface area contributed by atoms with E-state index in [1.807, 2.05) is 0 Å². The molecule has 5 heteroatoms. The zero-order valence-electron chi connectivity index (χ0n) is 7.57. The molecule has 13 heavy (non-hydrogen) atoms. The lowest BCUT2D eigenvalue weighted by Gasteiger charge is -2.40. The van der Waals surface area contributed by atoms with Crippen LogP contribution >= 0.6 is 0 Å². The van der Waals surface area contributed by atoms with Crippen LogP contribution in [0.3, 0.4) is 0 Å². The molecule has 1 aliphatic rings. The largest absolute Gasteiger partial charge is 0.481 e. The molecule has 5 nitrogen and oxygen atoms in total. The van der Waals surface area contributed by atoms with Crippen molar-refractivity contribution < 1.29 is 24.2 Å². The number of aliphatic carboxylic acids is 1. The first-order chi connectivity index (χ1) is 6.06. The Morgan fingerprint density at radius 2 is 1.92 bits per heavy atom. The highest BCUT2D eigenvalue weighted by Crippen LogP contribution is 2.43. The van der Waals surface area contributed by atoms with Crippen LogP contribution in [0.2, 0.25) is 0 Å². The highest BCUT2D eigenvalue weighted by molar-refractivity contribution is 5.97. The maximum atomic E-state index is 10.9. The fourth-order valence-corrected chi connectivity index (χ4v) is 1.62. The molecule has 0 radical (unpaired) electrons. The van der Waals surface area contributed by atoms with E-state index in [1.165, 1.54) is 14.2 Å². The van der Waals surface area contributed by atoms with Crippen LogP contribution in [0.25, 0.3) is 0 Å². The first kappa shape index (κ1) is 10.1. The number of ketones is 1. The molecule has 0 spiro atoms. The number of methoxy groups -OCH3 is 2. The van der Waals surface area contributed by atoms with Gasteiger partial charge in [0, 0.05) is 27.1 Å². The lowest BCUT2D eigenvalue weighted by atomic mass is 9.67. The van der Waals surface area contributed by atoms with Crippen molar-refractivity contribution >= 4 is 11.8 Å². The second-order valence-corrected chi connectivity index (χ2v) is 3.16. The second kappa shape index (κ2) is 3.43. The molecule has 0 heterocycles. The normalized spacial score (nSPS) is 20.1. The van der Waals surface area contributed by atoms with E-state index in [9.17, 15) is 9.59 Å². The van der Waals surface area contributed by atoms with E-state index in [0.29, 0.717) is 0 Å². The van der Waals surface area contributed by atoms with Gasteiger partial charge < -0.3 is 14.6 Å². The molecule has 0 unspecified atom stereocenters. The van der Waals surface area contributed by atoms with Gasteiger partial charge in [-0.25, -0.2) is 0 Å². The van der Waals surface area contributed by atoms with E-state index >= 15 is 0 Å². The minimum absolute atomic E-state index is 0.00528. The van der Waals surface area contributed by atoms with Crippen molar-refractivity contribution in [2.45, 2.75) is 19.1 Å². The number of carbonyl (C=O) groups is 2. The zero-order valence-corrected chi connectivity index (χ0v) is 7.57. The summed E-state index contributed by atoms with van der Waals surface area (Å²) in [7, 11) is 2.73. The maximum Gasteiger partial charge on any atom is 0.315 e. The van der Waals surface area contributed by atoms with Gasteiger partial charge in [-0.15, -0.1) is 0 Å². The number of hydrogen-bond acceptors (Lipinski definition) is 4. The van der Waals surface area contributed by atoms with Gasteiger partial charge in [0.1, 0.15) is 11.2 Å². The van der Waals surface area contributed by atoms with Crippen molar-refractivity contribution in [3.8, 4) is 0 Å². The van der Waals surface area contributed by atoms with Gasteiger partial charge in [-0.3, -0.25) is 9.59 Å². The van der Waals surface area contributed by atoms with Gasteiger partial charge in [0.05, 0.1) is 0 Å². The monoisotopic (exact) mass is 188 g/mol. The second-order valence-electron chi connectivity index (χ2n) is 3.16. The molecule has 0 aromatic heterocycles. The van der Waals surface area contributed by atoms with Crippen molar-refractivity contribution in [2.24, 2.45) is 5.41 Å². The first-order valence-electron chi connectivity index (χ1n) is 3.87. The predicted octanol–water partition coefficient (Wildman–Crippen LogP) is 0.0392. The van der Waals surface area contributed by atoms with Crippen LogP contribution in [-0.2, 0) is 19.1 Å². The Morgan fingerprint density at radius 1 is 1.46 bits per heavy atom. The molecule has 0 amide bonds.